The Morgan fingerprint density at radius 1 is 1.30 bits per heavy atom. The molecule has 0 atom stereocenters. The van der Waals surface area contributed by atoms with Crippen LogP contribution >= 0.6 is 34.5 Å². The molecule has 1 aromatic heterocycles. The second-order valence-electron chi connectivity index (χ2n) is 4.60. The van der Waals surface area contributed by atoms with Crippen molar-refractivity contribution in [3.8, 4) is 11.1 Å². The monoisotopic (exact) mass is 328 g/mol. The standard InChI is InChI=1S/C14H14Cl2N2OS/c1-7-11(9-5-4-8(15)6-10(9)16)12(13(17)20-7)14(19)18(2)3/h4-6H,17H2,1-3H3. The van der Waals surface area contributed by atoms with E-state index in [1.807, 2.05) is 13.0 Å². The van der Waals surface area contributed by atoms with Gasteiger partial charge in [0.1, 0.15) is 0 Å². The molecule has 2 aromatic rings. The summed E-state index contributed by atoms with van der Waals surface area (Å²) in [5.74, 6) is -0.132. The third kappa shape index (κ3) is 2.64. The minimum absolute atomic E-state index is 0.132. The summed E-state index contributed by atoms with van der Waals surface area (Å²) in [7, 11) is 3.39. The molecule has 0 aliphatic carbocycles. The first kappa shape index (κ1) is 15.2. The van der Waals surface area contributed by atoms with E-state index in [1.165, 1.54) is 16.2 Å². The largest absolute Gasteiger partial charge is 0.390 e. The Bertz CT molecular complexity index is 680. The third-order valence-electron chi connectivity index (χ3n) is 2.93. The maximum Gasteiger partial charge on any atom is 0.256 e. The maximum atomic E-state index is 12.3. The molecule has 2 N–H and O–H groups in total. The average molecular weight is 329 g/mol. The maximum absolute atomic E-state index is 12.3. The van der Waals surface area contributed by atoms with E-state index < -0.39 is 0 Å². The van der Waals surface area contributed by atoms with Crippen LogP contribution in [0.25, 0.3) is 11.1 Å². The Morgan fingerprint density at radius 2 is 1.95 bits per heavy atom. The Kier molecular flexibility index (Phi) is 4.28. The smallest absolute Gasteiger partial charge is 0.256 e. The Hall–Kier alpha value is -1.23. The van der Waals surface area contributed by atoms with Crippen LogP contribution in [-0.2, 0) is 0 Å². The fourth-order valence-corrected chi connectivity index (χ4v) is 3.46. The first-order chi connectivity index (χ1) is 9.32. The molecule has 0 aliphatic heterocycles. The van der Waals surface area contributed by atoms with Gasteiger partial charge in [-0.25, -0.2) is 0 Å². The van der Waals surface area contributed by atoms with Gasteiger partial charge in [-0.1, -0.05) is 29.3 Å². The second kappa shape index (κ2) is 5.64. The first-order valence-electron chi connectivity index (χ1n) is 5.89. The summed E-state index contributed by atoms with van der Waals surface area (Å²) < 4.78 is 0. The number of amides is 1. The molecule has 0 aliphatic rings. The summed E-state index contributed by atoms with van der Waals surface area (Å²) in [5.41, 5.74) is 8.06. The number of hydrogen-bond donors (Lipinski definition) is 1. The van der Waals surface area contributed by atoms with Gasteiger partial charge in [-0.15, -0.1) is 11.3 Å². The third-order valence-corrected chi connectivity index (χ3v) is 4.41. The van der Waals surface area contributed by atoms with Crippen LogP contribution in [0.1, 0.15) is 15.2 Å². The van der Waals surface area contributed by atoms with Crippen LogP contribution in [0.5, 0.6) is 0 Å². The molecule has 1 amide bonds. The minimum atomic E-state index is -0.132. The number of benzene rings is 1. The van der Waals surface area contributed by atoms with Crippen molar-refractivity contribution in [3.05, 3.63) is 38.7 Å². The number of carbonyl (C=O) groups is 1. The Morgan fingerprint density at radius 3 is 2.50 bits per heavy atom. The van der Waals surface area contributed by atoms with Crippen molar-refractivity contribution in [3.63, 3.8) is 0 Å². The van der Waals surface area contributed by atoms with Gasteiger partial charge in [0.05, 0.1) is 10.6 Å². The minimum Gasteiger partial charge on any atom is -0.390 e. The number of nitrogens with two attached hydrogens (primary N) is 1. The SMILES string of the molecule is Cc1sc(N)c(C(=O)N(C)C)c1-c1ccc(Cl)cc1Cl. The number of carbonyl (C=O) groups excluding carboxylic acids is 1. The molecule has 1 aromatic carbocycles. The number of hydrogen-bond acceptors (Lipinski definition) is 3. The predicted octanol–water partition coefficient (Wildman–Crippen LogP) is 4.31. The van der Waals surface area contributed by atoms with Crippen molar-refractivity contribution in [1.82, 2.24) is 4.90 Å². The van der Waals surface area contributed by atoms with Crippen molar-refractivity contribution in [1.29, 1.82) is 0 Å². The van der Waals surface area contributed by atoms with E-state index >= 15 is 0 Å². The lowest BCUT2D eigenvalue weighted by molar-refractivity contribution is 0.0829. The van der Waals surface area contributed by atoms with E-state index in [4.69, 9.17) is 28.9 Å². The summed E-state index contributed by atoms with van der Waals surface area (Å²) in [4.78, 5) is 14.8. The Labute approximate surface area is 131 Å². The summed E-state index contributed by atoms with van der Waals surface area (Å²) in [6.07, 6.45) is 0. The molecule has 2 rings (SSSR count). The molecular weight excluding hydrogens is 315 g/mol. The fourth-order valence-electron chi connectivity index (χ4n) is 2.02. The van der Waals surface area contributed by atoms with Gasteiger partial charge in [-0.2, -0.15) is 0 Å². The number of halogens is 2. The summed E-state index contributed by atoms with van der Waals surface area (Å²) in [5, 5.41) is 1.56. The van der Waals surface area contributed by atoms with Crippen LogP contribution in [0, 0.1) is 6.92 Å². The normalized spacial score (nSPS) is 10.7. The summed E-state index contributed by atoms with van der Waals surface area (Å²) in [6.45, 7) is 1.92. The highest BCUT2D eigenvalue weighted by atomic mass is 35.5. The fraction of sp³-hybridized carbons (Fsp3) is 0.214. The lowest BCUT2D eigenvalue weighted by Crippen LogP contribution is -2.22. The molecule has 0 spiro atoms. The van der Waals surface area contributed by atoms with Crippen LogP contribution in [-0.4, -0.2) is 24.9 Å². The topological polar surface area (TPSA) is 46.3 Å². The number of nitrogen functional groups attached to an aromatic ring is 1. The van der Waals surface area contributed by atoms with Crippen molar-refractivity contribution < 1.29 is 4.79 Å². The molecule has 0 unspecified atom stereocenters. The molecular formula is C14H14Cl2N2OS. The molecule has 0 bridgehead atoms. The molecule has 6 heteroatoms. The molecule has 20 heavy (non-hydrogen) atoms. The zero-order chi connectivity index (χ0) is 15.0. The predicted molar refractivity (Wildman–Crippen MR) is 86.9 cm³/mol. The molecule has 0 saturated carbocycles. The van der Waals surface area contributed by atoms with Gasteiger partial charge in [0.15, 0.2) is 0 Å². The molecule has 3 nitrogen and oxygen atoms in total. The van der Waals surface area contributed by atoms with Gasteiger partial charge in [-0.05, 0) is 19.1 Å². The van der Waals surface area contributed by atoms with E-state index in [0.717, 1.165) is 16.0 Å². The van der Waals surface area contributed by atoms with Gasteiger partial charge >= 0.3 is 0 Å². The van der Waals surface area contributed by atoms with Crippen molar-refractivity contribution >= 4 is 45.4 Å². The summed E-state index contributed by atoms with van der Waals surface area (Å²) in [6, 6.07) is 5.22. The molecule has 106 valence electrons. The molecule has 0 fully saturated rings. The van der Waals surface area contributed by atoms with Crippen LogP contribution in [0.15, 0.2) is 18.2 Å². The zero-order valence-electron chi connectivity index (χ0n) is 11.3. The van der Waals surface area contributed by atoms with Crippen molar-refractivity contribution in [2.75, 3.05) is 19.8 Å². The van der Waals surface area contributed by atoms with Crippen molar-refractivity contribution in [2.45, 2.75) is 6.92 Å². The van der Waals surface area contributed by atoms with Gasteiger partial charge < -0.3 is 10.6 Å². The Balaban J connectivity index is 2.71. The number of thiophene rings is 1. The molecule has 0 radical (unpaired) electrons. The van der Waals surface area contributed by atoms with E-state index in [1.54, 1.807) is 26.2 Å². The van der Waals surface area contributed by atoms with Crippen LogP contribution in [0.4, 0.5) is 5.00 Å². The lowest BCUT2D eigenvalue weighted by Gasteiger charge is -2.13. The second-order valence-corrected chi connectivity index (χ2v) is 6.70. The highest BCUT2D eigenvalue weighted by Crippen LogP contribution is 2.42. The average Bonchev–Trinajstić information content (AvgIpc) is 2.63. The van der Waals surface area contributed by atoms with Gasteiger partial charge in [0.2, 0.25) is 0 Å². The quantitative estimate of drug-likeness (QED) is 0.892. The van der Waals surface area contributed by atoms with Gasteiger partial charge in [0.25, 0.3) is 5.91 Å². The van der Waals surface area contributed by atoms with Gasteiger partial charge in [0, 0.05) is 40.1 Å². The van der Waals surface area contributed by atoms with E-state index in [0.29, 0.717) is 20.6 Å². The number of aryl methyl sites for hydroxylation is 1. The van der Waals surface area contributed by atoms with Crippen LogP contribution in [0.3, 0.4) is 0 Å². The highest BCUT2D eigenvalue weighted by molar-refractivity contribution is 7.16. The molecule has 0 saturated heterocycles. The van der Waals surface area contributed by atoms with E-state index in [9.17, 15) is 4.79 Å². The van der Waals surface area contributed by atoms with Gasteiger partial charge in [-0.3, -0.25) is 4.79 Å². The van der Waals surface area contributed by atoms with Crippen molar-refractivity contribution in [2.24, 2.45) is 0 Å². The van der Waals surface area contributed by atoms with E-state index in [2.05, 4.69) is 0 Å². The molecule has 1 heterocycles. The number of rotatable bonds is 2. The summed E-state index contributed by atoms with van der Waals surface area (Å²) >= 11 is 13.6. The first-order valence-corrected chi connectivity index (χ1v) is 7.46. The van der Waals surface area contributed by atoms with Crippen LogP contribution in [0.2, 0.25) is 10.0 Å². The lowest BCUT2D eigenvalue weighted by atomic mass is 10.0. The number of nitrogens with zero attached hydrogens (tertiary/aromatic N) is 1. The number of anilines is 1. The van der Waals surface area contributed by atoms with E-state index in [-0.39, 0.29) is 5.91 Å². The highest BCUT2D eigenvalue weighted by Gasteiger charge is 2.24. The zero-order valence-corrected chi connectivity index (χ0v) is 13.7. The van der Waals surface area contributed by atoms with Crippen LogP contribution < -0.4 is 5.73 Å².